The van der Waals surface area contributed by atoms with Gasteiger partial charge >= 0.3 is 0 Å². The quantitative estimate of drug-likeness (QED) is 0.513. The Hall–Kier alpha value is -1.02. The van der Waals surface area contributed by atoms with Crippen LogP contribution in [0.1, 0.15) is 77.7 Å². The fourth-order valence-corrected chi connectivity index (χ4v) is 2.63. The number of rotatable bonds is 12. The summed E-state index contributed by atoms with van der Waals surface area (Å²) in [7, 11) is 0. The van der Waals surface area contributed by atoms with Gasteiger partial charge in [-0.2, -0.15) is 0 Å². The maximum Gasteiger partial charge on any atom is 0.123 e. The van der Waals surface area contributed by atoms with Crippen molar-refractivity contribution in [1.29, 1.82) is 0 Å². The summed E-state index contributed by atoms with van der Waals surface area (Å²) in [5.74, 6) is 1.60. The smallest absolute Gasteiger partial charge is 0.123 e. The highest BCUT2D eigenvalue weighted by Gasteiger charge is 2.11. The van der Waals surface area contributed by atoms with Gasteiger partial charge in [-0.1, -0.05) is 64.7 Å². The molecule has 0 aliphatic carbocycles. The van der Waals surface area contributed by atoms with Gasteiger partial charge in [-0.3, -0.25) is 0 Å². The number of unbranched alkanes of at least 4 members (excludes halogenated alkanes) is 4. The van der Waals surface area contributed by atoms with Gasteiger partial charge < -0.3 is 10.1 Å². The Kier molecular flexibility index (Phi) is 9.98. The normalized spacial score (nSPS) is 13.8. The molecule has 0 radical (unpaired) electrons. The van der Waals surface area contributed by atoms with Crippen molar-refractivity contribution in [3.05, 3.63) is 29.8 Å². The zero-order chi connectivity index (χ0) is 16.2. The minimum atomic E-state index is 0.209. The lowest BCUT2D eigenvalue weighted by molar-refractivity contribution is 0.214. The Balaban J connectivity index is 2.29. The molecule has 2 atom stereocenters. The first kappa shape index (κ1) is 19.0. The molecule has 0 spiro atoms. The van der Waals surface area contributed by atoms with Crippen molar-refractivity contribution in [2.75, 3.05) is 13.1 Å². The maximum atomic E-state index is 6.15. The van der Waals surface area contributed by atoms with E-state index in [0.29, 0.717) is 5.92 Å². The maximum absolute atomic E-state index is 6.15. The number of para-hydroxylation sites is 1. The number of hydrogen-bond donors (Lipinski definition) is 1. The third kappa shape index (κ3) is 7.31. The van der Waals surface area contributed by atoms with E-state index in [2.05, 4.69) is 57.3 Å². The fraction of sp³-hybridized carbons (Fsp3) is 0.700. The first-order valence-electron chi connectivity index (χ1n) is 9.15. The van der Waals surface area contributed by atoms with Gasteiger partial charge in [-0.15, -0.1) is 0 Å². The molecule has 126 valence electrons. The van der Waals surface area contributed by atoms with E-state index >= 15 is 0 Å². The van der Waals surface area contributed by atoms with Crippen LogP contribution in [0.3, 0.4) is 0 Å². The van der Waals surface area contributed by atoms with Crippen LogP contribution in [0.4, 0.5) is 0 Å². The molecule has 2 nitrogen and oxygen atoms in total. The molecule has 1 aromatic carbocycles. The highest BCUT2D eigenvalue weighted by molar-refractivity contribution is 5.36. The predicted molar refractivity (Wildman–Crippen MR) is 96.9 cm³/mol. The Morgan fingerprint density at radius 2 is 1.73 bits per heavy atom. The molecule has 0 aliphatic heterocycles. The Labute approximate surface area is 137 Å². The summed E-state index contributed by atoms with van der Waals surface area (Å²) in [6.45, 7) is 10.9. The van der Waals surface area contributed by atoms with E-state index < -0.39 is 0 Å². The lowest BCUT2D eigenvalue weighted by Crippen LogP contribution is -2.29. The average molecular weight is 306 g/mol. The van der Waals surface area contributed by atoms with Crippen LogP contribution < -0.4 is 10.1 Å². The second-order valence-corrected chi connectivity index (χ2v) is 6.39. The molecule has 0 aromatic heterocycles. The molecule has 2 unspecified atom stereocenters. The van der Waals surface area contributed by atoms with Gasteiger partial charge in [0.2, 0.25) is 0 Å². The second-order valence-electron chi connectivity index (χ2n) is 6.39. The molecule has 0 amide bonds. The Bertz CT molecular complexity index is 391. The SMILES string of the molecule is CCCCCCCNCC(C)Oc1ccccc1C(C)CC. The molecule has 0 saturated heterocycles. The highest BCUT2D eigenvalue weighted by atomic mass is 16.5. The zero-order valence-corrected chi connectivity index (χ0v) is 15.0. The van der Waals surface area contributed by atoms with Gasteiger partial charge in [0.05, 0.1) is 0 Å². The van der Waals surface area contributed by atoms with E-state index in [-0.39, 0.29) is 6.10 Å². The summed E-state index contributed by atoms with van der Waals surface area (Å²) in [6.07, 6.45) is 8.01. The van der Waals surface area contributed by atoms with Crippen molar-refractivity contribution < 1.29 is 4.74 Å². The number of hydrogen-bond acceptors (Lipinski definition) is 2. The molecular formula is C20H35NO. The topological polar surface area (TPSA) is 21.3 Å². The monoisotopic (exact) mass is 305 g/mol. The molecular weight excluding hydrogens is 270 g/mol. The molecule has 1 N–H and O–H groups in total. The van der Waals surface area contributed by atoms with Crippen LogP contribution in [0.5, 0.6) is 5.75 Å². The standard InChI is InChI=1S/C20H35NO/c1-5-7-8-9-12-15-21-16-18(4)22-20-14-11-10-13-19(20)17(3)6-2/h10-11,13-14,17-18,21H,5-9,12,15-16H2,1-4H3. The van der Waals surface area contributed by atoms with Crippen molar-refractivity contribution in [3.8, 4) is 5.75 Å². The highest BCUT2D eigenvalue weighted by Crippen LogP contribution is 2.28. The van der Waals surface area contributed by atoms with Gasteiger partial charge in [-0.05, 0) is 43.9 Å². The number of benzene rings is 1. The van der Waals surface area contributed by atoms with Gasteiger partial charge in [0.15, 0.2) is 0 Å². The van der Waals surface area contributed by atoms with E-state index in [1.54, 1.807) is 0 Å². The zero-order valence-electron chi connectivity index (χ0n) is 15.0. The minimum Gasteiger partial charge on any atom is -0.489 e. The molecule has 0 heterocycles. The minimum absolute atomic E-state index is 0.209. The van der Waals surface area contributed by atoms with Crippen LogP contribution >= 0.6 is 0 Å². The first-order valence-corrected chi connectivity index (χ1v) is 9.15. The lowest BCUT2D eigenvalue weighted by atomic mass is 9.98. The lowest BCUT2D eigenvalue weighted by Gasteiger charge is -2.20. The summed E-state index contributed by atoms with van der Waals surface area (Å²) in [5, 5.41) is 3.52. The van der Waals surface area contributed by atoms with Crippen molar-refractivity contribution in [2.45, 2.75) is 78.2 Å². The Morgan fingerprint density at radius 3 is 2.45 bits per heavy atom. The summed E-state index contributed by atoms with van der Waals surface area (Å²) in [6, 6.07) is 8.46. The van der Waals surface area contributed by atoms with Gasteiger partial charge in [-0.25, -0.2) is 0 Å². The average Bonchev–Trinajstić information content (AvgIpc) is 2.54. The van der Waals surface area contributed by atoms with Crippen molar-refractivity contribution >= 4 is 0 Å². The summed E-state index contributed by atoms with van der Waals surface area (Å²) in [5.41, 5.74) is 1.33. The van der Waals surface area contributed by atoms with E-state index in [4.69, 9.17) is 4.74 Å². The van der Waals surface area contributed by atoms with Crippen LogP contribution in [0, 0.1) is 0 Å². The third-order valence-electron chi connectivity index (χ3n) is 4.28. The first-order chi connectivity index (χ1) is 10.7. The molecule has 0 aliphatic rings. The molecule has 0 bridgehead atoms. The van der Waals surface area contributed by atoms with Crippen LogP contribution in [-0.2, 0) is 0 Å². The number of nitrogens with one attached hydrogen (secondary N) is 1. The fourth-order valence-electron chi connectivity index (χ4n) is 2.63. The molecule has 0 saturated carbocycles. The molecule has 2 heteroatoms. The van der Waals surface area contributed by atoms with Gasteiger partial charge in [0, 0.05) is 6.54 Å². The Morgan fingerprint density at radius 1 is 1.00 bits per heavy atom. The van der Waals surface area contributed by atoms with Crippen molar-refractivity contribution in [2.24, 2.45) is 0 Å². The van der Waals surface area contributed by atoms with Crippen LogP contribution in [-0.4, -0.2) is 19.2 Å². The van der Waals surface area contributed by atoms with Gasteiger partial charge in [0.25, 0.3) is 0 Å². The van der Waals surface area contributed by atoms with Crippen molar-refractivity contribution in [1.82, 2.24) is 5.32 Å². The number of ether oxygens (including phenoxy) is 1. The predicted octanol–water partition coefficient (Wildman–Crippen LogP) is 5.53. The molecule has 0 fully saturated rings. The summed E-state index contributed by atoms with van der Waals surface area (Å²) >= 11 is 0. The second kappa shape index (κ2) is 11.5. The van der Waals surface area contributed by atoms with E-state index in [1.165, 1.54) is 37.7 Å². The molecule has 1 rings (SSSR count). The van der Waals surface area contributed by atoms with Gasteiger partial charge in [0.1, 0.15) is 11.9 Å². The van der Waals surface area contributed by atoms with Crippen LogP contribution in [0.2, 0.25) is 0 Å². The van der Waals surface area contributed by atoms with Crippen LogP contribution in [0.25, 0.3) is 0 Å². The van der Waals surface area contributed by atoms with E-state index in [1.807, 2.05) is 0 Å². The van der Waals surface area contributed by atoms with E-state index in [9.17, 15) is 0 Å². The molecule has 22 heavy (non-hydrogen) atoms. The van der Waals surface area contributed by atoms with Crippen molar-refractivity contribution in [3.63, 3.8) is 0 Å². The van der Waals surface area contributed by atoms with E-state index in [0.717, 1.165) is 25.3 Å². The summed E-state index contributed by atoms with van der Waals surface area (Å²) < 4.78 is 6.15. The largest absolute Gasteiger partial charge is 0.489 e. The molecule has 1 aromatic rings. The third-order valence-corrected chi connectivity index (χ3v) is 4.28. The van der Waals surface area contributed by atoms with Crippen LogP contribution in [0.15, 0.2) is 24.3 Å². The summed E-state index contributed by atoms with van der Waals surface area (Å²) in [4.78, 5) is 0.